The molecule has 0 atom stereocenters. The minimum absolute atomic E-state index is 0.664. The number of hydrogen-bond donors (Lipinski definition) is 2. The molecule has 1 rings (SSSR count). The highest BCUT2D eigenvalue weighted by Crippen LogP contribution is 2.26. The fourth-order valence-corrected chi connectivity index (χ4v) is 1.20. The van der Waals surface area contributed by atoms with Crippen molar-refractivity contribution < 1.29 is 0 Å². The third-order valence-corrected chi connectivity index (χ3v) is 2.17. The molecule has 0 unspecified atom stereocenters. The van der Waals surface area contributed by atoms with Gasteiger partial charge in [-0.2, -0.15) is 0 Å². The van der Waals surface area contributed by atoms with E-state index in [4.69, 9.17) is 17.3 Å². The van der Waals surface area contributed by atoms with Crippen LogP contribution in [0.1, 0.15) is 5.56 Å². The summed E-state index contributed by atoms with van der Waals surface area (Å²) in [6, 6.07) is 3.68. The van der Waals surface area contributed by atoms with Gasteiger partial charge in [0.1, 0.15) is 0 Å². The Kier molecular flexibility index (Phi) is 3.20. The summed E-state index contributed by atoms with van der Waals surface area (Å²) in [7, 11) is 0. The van der Waals surface area contributed by atoms with Gasteiger partial charge in [-0.3, -0.25) is 0 Å². The molecule has 1 aromatic carbocycles. The molecule has 0 bridgehead atoms. The Balaban J connectivity index is 2.94. The third-order valence-electron chi connectivity index (χ3n) is 1.77. The Labute approximate surface area is 83.4 Å². The van der Waals surface area contributed by atoms with Gasteiger partial charge in [0.15, 0.2) is 0 Å². The molecule has 0 aliphatic rings. The van der Waals surface area contributed by atoms with Crippen LogP contribution in [0.4, 0.5) is 11.4 Å². The lowest BCUT2D eigenvalue weighted by Gasteiger charge is -2.09. The summed E-state index contributed by atoms with van der Waals surface area (Å²) in [6.07, 6.45) is 1.78. The Morgan fingerprint density at radius 2 is 2.31 bits per heavy atom. The van der Waals surface area contributed by atoms with Gasteiger partial charge in [-0.25, -0.2) is 0 Å². The number of nitrogen functional groups attached to an aromatic ring is 1. The summed E-state index contributed by atoms with van der Waals surface area (Å²) in [4.78, 5) is 0. The van der Waals surface area contributed by atoms with Gasteiger partial charge in [-0.15, -0.1) is 6.58 Å². The first kappa shape index (κ1) is 9.93. The third kappa shape index (κ3) is 2.39. The largest absolute Gasteiger partial charge is 0.397 e. The first-order chi connectivity index (χ1) is 6.15. The van der Waals surface area contributed by atoms with Crippen molar-refractivity contribution in [3.8, 4) is 0 Å². The summed E-state index contributed by atoms with van der Waals surface area (Å²) in [5.74, 6) is 0. The minimum atomic E-state index is 0.664. The van der Waals surface area contributed by atoms with Crippen LogP contribution in [-0.4, -0.2) is 6.54 Å². The highest BCUT2D eigenvalue weighted by molar-refractivity contribution is 6.31. The SMILES string of the molecule is C=CCNc1cc(C)c(Cl)cc1N. The molecule has 0 aliphatic carbocycles. The number of anilines is 2. The van der Waals surface area contributed by atoms with Crippen molar-refractivity contribution in [2.24, 2.45) is 0 Å². The van der Waals surface area contributed by atoms with Crippen LogP contribution in [0.2, 0.25) is 5.02 Å². The van der Waals surface area contributed by atoms with E-state index in [0.717, 1.165) is 11.3 Å². The van der Waals surface area contributed by atoms with E-state index in [-0.39, 0.29) is 0 Å². The molecule has 0 aromatic heterocycles. The fraction of sp³-hybridized carbons (Fsp3) is 0.200. The van der Waals surface area contributed by atoms with E-state index in [2.05, 4.69) is 11.9 Å². The van der Waals surface area contributed by atoms with Crippen LogP contribution >= 0.6 is 11.6 Å². The highest BCUT2D eigenvalue weighted by Gasteiger charge is 2.01. The van der Waals surface area contributed by atoms with Gasteiger partial charge in [-0.05, 0) is 24.6 Å². The van der Waals surface area contributed by atoms with Crippen molar-refractivity contribution in [2.75, 3.05) is 17.6 Å². The van der Waals surface area contributed by atoms with Crippen molar-refractivity contribution in [3.63, 3.8) is 0 Å². The molecule has 0 aliphatic heterocycles. The van der Waals surface area contributed by atoms with Crippen molar-refractivity contribution in [1.29, 1.82) is 0 Å². The van der Waals surface area contributed by atoms with E-state index in [1.54, 1.807) is 12.1 Å². The number of nitrogens with one attached hydrogen (secondary N) is 1. The Hall–Kier alpha value is -1.15. The molecule has 0 heterocycles. The zero-order valence-corrected chi connectivity index (χ0v) is 8.36. The summed E-state index contributed by atoms with van der Waals surface area (Å²) in [6.45, 7) is 6.26. The molecule has 1 aromatic rings. The first-order valence-corrected chi connectivity index (χ1v) is 4.43. The van der Waals surface area contributed by atoms with Gasteiger partial charge in [0.2, 0.25) is 0 Å². The van der Waals surface area contributed by atoms with Gasteiger partial charge >= 0.3 is 0 Å². The summed E-state index contributed by atoms with van der Waals surface area (Å²) in [5, 5.41) is 3.82. The van der Waals surface area contributed by atoms with E-state index >= 15 is 0 Å². The standard InChI is InChI=1S/C10H13ClN2/c1-3-4-13-10-5-7(2)8(11)6-9(10)12/h3,5-6,13H,1,4,12H2,2H3. The zero-order chi connectivity index (χ0) is 9.84. The number of rotatable bonds is 3. The average Bonchev–Trinajstić information content (AvgIpc) is 2.09. The number of hydrogen-bond acceptors (Lipinski definition) is 2. The summed E-state index contributed by atoms with van der Waals surface area (Å²) < 4.78 is 0. The van der Waals surface area contributed by atoms with E-state index in [9.17, 15) is 0 Å². The van der Waals surface area contributed by atoms with E-state index < -0.39 is 0 Å². The number of halogens is 1. The second kappa shape index (κ2) is 4.19. The predicted octanol–water partition coefficient (Wildman–Crippen LogP) is 2.83. The van der Waals surface area contributed by atoms with Crippen LogP contribution in [0.5, 0.6) is 0 Å². The Morgan fingerprint density at radius 3 is 2.92 bits per heavy atom. The average molecular weight is 197 g/mol. The molecule has 70 valence electrons. The van der Waals surface area contributed by atoms with Gasteiger partial charge < -0.3 is 11.1 Å². The lowest BCUT2D eigenvalue weighted by Crippen LogP contribution is -2.02. The first-order valence-electron chi connectivity index (χ1n) is 4.05. The Morgan fingerprint density at radius 1 is 1.62 bits per heavy atom. The molecule has 3 N–H and O–H groups in total. The molecule has 0 spiro atoms. The van der Waals surface area contributed by atoms with Gasteiger partial charge in [0.25, 0.3) is 0 Å². The molecule has 0 saturated carbocycles. The van der Waals surface area contributed by atoms with Crippen LogP contribution in [0.15, 0.2) is 24.8 Å². The Bertz CT molecular complexity index is 321. The second-order valence-corrected chi connectivity index (χ2v) is 3.27. The number of nitrogens with two attached hydrogens (primary N) is 1. The maximum Gasteiger partial charge on any atom is 0.0580 e. The van der Waals surface area contributed by atoms with Crippen molar-refractivity contribution in [1.82, 2.24) is 0 Å². The van der Waals surface area contributed by atoms with E-state index in [1.165, 1.54) is 0 Å². The summed E-state index contributed by atoms with van der Waals surface area (Å²) >= 11 is 5.89. The molecular formula is C10H13ClN2. The normalized spacial score (nSPS) is 9.69. The maximum absolute atomic E-state index is 5.89. The second-order valence-electron chi connectivity index (χ2n) is 2.86. The van der Waals surface area contributed by atoms with Crippen molar-refractivity contribution in [2.45, 2.75) is 6.92 Å². The quantitative estimate of drug-likeness (QED) is 0.577. The molecule has 2 nitrogen and oxygen atoms in total. The molecule has 0 amide bonds. The van der Waals surface area contributed by atoms with Gasteiger partial charge in [-0.1, -0.05) is 17.7 Å². The number of aryl methyl sites for hydroxylation is 1. The van der Waals surface area contributed by atoms with Crippen LogP contribution in [0, 0.1) is 6.92 Å². The van der Waals surface area contributed by atoms with Crippen LogP contribution in [0.3, 0.4) is 0 Å². The minimum Gasteiger partial charge on any atom is -0.397 e. The monoisotopic (exact) mass is 196 g/mol. The molecule has 3 heteroatoms. The fourth-order valence-electron chi connectivity index (χ4n) is 1.03. The lowest BCUT2D eigenvalue weighted by molar-refractivity contribution is 1.33. The number of benzene rings is 1. The van der Waals surface area contributed by atoms with Gasteiger partial charge in [0, 0.05) is 11.6 Å². The maximum atomic E-state index is 5.89. The molecule has 13 heavy (non-hydrogen) atoms. The highest BCUT2D eigenvalue weighted by atomic mass is 35.5. The zero-order valence-electron chi connectivity index (χ0n) is 7.60. The van der Waals surface area contributed by atoms with Crippen molar-refractivity contribution in [3.05, 3.63) is 35.4 Å². The molecule has 0 radical (unpaired) electrons. The van der Waals surface area contributed by atoms with Crippen molar-refractivity contribution >= 4 is 23.0 Å². The van der Waals surface area contributed by atoms with Crippen LogP contribution in [0.25, 0.3) is 0 Å². The molecule has 0 fully saturated rings. The van der Waals surface area contributed by atoms with Crippen LogP contribution < -0.4 is 11.1 Å². The smallest absolute Gasteiger partial charge is 0.0580 e. The van der Waals surface area contributed by atoms with E-state index in [0.29, 0.717) is 17.3 Å². The van der Waals surface area contributed by atoms with Crippen LogP contribution in [-0.2, 0) is 0 Å². The van der Waals surface area contributed by atoms with E-state index in [1.807, 2.05) is 13.0 Å². The lowest BCUT2D eigenvalue weighted by atomic mass is 10.2. The topological polar surface area (TPSA) is 38.0 Å². The van der Waals surface area contributed by atoms with Gasteiger partial charge in [0.05, 0.1) is 11.4 Å². The predicted molar refractivity (Wildman–Crippen MR) is 59.3 cm³/mol. The molecular weight excluding hydrogens is 184 g/mol. The molecule has 0 saturated heterocycles. The summed E-state index contributed by atoms with van der Waals surface area (Å²) in [5.41, 5.74) is 8.33.